The molecule has 3 aromatic rings. The van der Waals surface area contributed by atoms with E-state index in [1.807, 2.05) is 36.6 Å². The molecule has 0 aliphatic carbocycles. The number of anilines is 1. The summed E-state index contributed by atoms with van der Waals surface area (Å²) in [6, 6.07) is 23.0. The van der Waals surface area contributed by atoms with Crippen molar-refractivity contribution in [1.82, 2.24) is 4.90 Å². The molecule has 0 aromatic heterocycles. The minimum atomic E-state index is -3.78. The third-order valence-electron chi connectivity index (χ3n) is 4.78. The van der Waals surface area contributed by atoms with E-state index < -0.39 is 10.0 Å². The van der Waals surface area contributed by atoms with Gasteiger partial charge in [-0.25, -0.2) is 8.42 Å². The van der Waals surface area contributed by atoms with Crippen LogP contribution in [0.5, 0.6) is 0 Å². The molecular weight excluding hydrogens is 416 g/mol. The zero-order valence-electron chi connectivity index (χ0n) is 17.1. The molecule has 0 saturated carbocycles. The van der Waals surface area contributed by atoms with Crippen molar-refractivity contribution in [3.8, 4) is 0 Å². The van der Waals surface area contributed by atoms with E-state index in [0.717, 1.165) is 10.5 Å². The summed E-state index contributed by atoms with van der Waals surface area (Å²) in [5.41, 5.74) is 1.90. The maximum absolute atomic E-state index is 13.0. The monoisotopic (exact) mass is 440 g/mol. The van der Waals surface area contributed by atoms with Gasteiger partial charge in [0.2, 0.25) is 0 Å². The number of carbonyl (C=O) groups is 1. The lowest BCUT2D eigenvalue weighted by atomic mass is 10.1. The first-order valence-corrected chi connectivity index (χ1v) is 12.0. The summed E-state index contributed by atoms with van der Waals surface area (Å²) in [5, 5.41) is 0. The summed E-state index contributed by atoms with van der Waals surface area (Å²) in [6.45, 7) is 0.439. The molecular formula is C23H24N2O3S2. The van der Waals surface area contributed by atoms with Gasteiger partial charge in [-0.1, -0.05) is 36.4 Å². The van der Waals surface area contributed by atoms with Crippen LogP contribution in [0.1, 0.15) is 15.9 Å². The normalized spacial score (nSPS) is 11.2. The molecule has 5 nitrogen and oxygen atoms in total. The van der Waals surface area contributed by atoms with Gasteiger partial charge in [-0.3, -0.25) is 9.10 Å². The Hall–Kier alpha value is -2.77. The number of hydrogen-bond donors (Lipinski definition) is 0. The molecule has 0 bridgehead atoms. The Labute approximate surface area is 182 Å². The van der Waals surface area contributed by atoms with Crippen LogP contribution in [0.15, 0.2) is 88.7 Å². The highest BCUT2D eigenvalue weighted by Crippen LogP contribution is 2.23. The van der Waals surface area contributed by atoms with Crippen LogP contribution in [0.4, 0.5) is 5.69 Å². The van der Waals surface area contributed by atoms with Crippen LogP contribution in [0.2, 0.25) is 0 Å². The molecule has 0 aliphatic heterocycles. The Morgan fingerprint density at radius 2 is 1.57 bits per heavy atom. The first-order chi connectivity index (χ1) is 14.3. The van der Waals surface area contributed by atoms with Crippen LogP contribution < -0.4 is 4.31 Å². The molecule has 30 heavy (non-hydrogen) atoms. The standard InChI is InChI=1S/C23H24N2O3S2/c1-24(17-18-12-14-21(29-3)15-13-18)23(26)19-8-7-11-22(16-19)30(27,28)25(2)20-9-5-4-6-10-20/h4-16H,17H2,1-3H3. The van der Waals surface area contributed by atoms with Crippen molar-refractivity contribution in [1.29, 1.82) is 0 Å². The fourth-order valence-electron chi connectivity index (χ4n) is 3.02. The second-order valence-corrected chi connectivity index (χ2v) is 9.69. The average molecular weight is 441 g/mol. The lowest BCUT2D eigenvalue weighted by Gasteiger charge is -2.21. The Balaban J connectivity index is 1.80. The minimum absolute atomic E-state index is 0.0810. The van der Waals surface area contributed by atoms with Gasteiger partial charge in [-0.15, -0.1) is 11.8 Å². The van der Waals surface area contributed by atoms with Gasteiger partial charge >= 0.3 is 0 Å². The number of sulfonamides is 1. The van der Waals surface area contributed by atoms with E-state index >= 15 is 0 Å². The largest absolute Gasteiger partial charge is 0.337 e. The average Bonchev–Trinajstić information content (AvgIpc) is 2.79. The van der Waals surface area contributed by atoms with Crippen molar-refractivity contribution in [2.24, 2.45) is 0 Å². The van der Waals surface area contributed by atoms with Gasteiger partial charge in [0.05, 0.1) is 10.6 Å². The number of hydrogen-bond acceptors (Lipinski definition) is 4. The number of rotatable bonds is 7. The molecule has 0 aliphatic rings. The fourth-order valence-corrected chi connectivity index (χ4v) is 4.67. The van der Waals surface area contributed by atoms with E-state index in [1.54, 1.807) is 60.1 Å². The topological polar surface area (TPSA) is 57.7 Å². The lowest BCUT2D eigenvalue weighted by Crippen LogP contribution is -2.28. The van der Waals surface area contributed by atoms with Gasteiger partial charge in [0.15, 0.2) is 0 Å². The third kappa shape index (κ3) is 4.86. The number of para-hydroxylation sites is 1. The number of thioether (sulfide) groups is 1. The van der Waals surface area contributed by atoms with Gasteiger partial charge in [-0.05, 0) is 54.3 Å². The number of amides is 1. The highest BCUT2D eigenvalue weighted by atomic mass is 32.2. The summed E-state index contributed by atoms with van der Waals surface area (Å²) in [4.78, 5) is 15.7. The van der Waals surface area contributed by atoms with Gasteiger partial charge < -0.3 is 4.90 Å². The summed E-state index contributed by atoms with van der Waals surface area (Å²) < 4.78 is 27.3. The predicted molar refractivity (Wildman–Crippen MR) is 122 cm³/mol. The van der Waals surface area contributed by atoms with Gasteiger partial charge in [0.25, 0.3) is 15.9 Å². The van der Waals surface area contributed by atoms with E-state index in [-0.39, 0.29) is 10.8 Å². The third-order valence-corrected chi connectivity index (χ3v) is 7.31. The van der Waals surface area contributed by atoms with Crippen molar-refractivity contribution in [3.63, 3.8) is 0 Å². The maximum atomic E-state index is 13.0. The molecule has 0 spiro atoms. The van der Waals surface area contributed by atoms with E-state index in [2.05, 4.69) is 0 Å². The SMILES string of the molecule is CSc1ccc(CN(C)C(=O)c2cccc(S(=O)(=O)N(C)c3ccccc3)c2)cc1. The lowest BCUT2D eigenvalue weighted by molar-refractivity contribution is 0.0785. The van der Waals surface area contributed by atoms with Crippen molar-refractivity contribution in [3.05, 3.63) is 90.0 Å². The van der Waals surface area contributed by atoms with E-state index in [4.69, 9.17) is 0 Å². The van der Waals surface area contributed by atoms with E-state index in [1.165, 1.54) is 23.5 Å². The number of carbonyl (C=O) groups excluding carboxylic acids is 1. The molecule has 1 amide bonds. The zero-order chi connectivity index (χ0) is 21.7. The quantitative estimate of drug-likeness (QED) is 0.508. The van der Waals surface area contributed by atoms with Gasteiger partial charge in [0.1, 0.15) is 0 Å². The molecule has 3 rings (SSSR count). The Bertz CT molecular complexity index is 1110. The Morgan fingerprint density at radius 3 is 2.20 bits per heavy atom. The number of nitrogens with zero attached hydrogens (tertiary/aromatic N) is 2. The summed E-state index contributed by atoms with van der Waals surface area (Å²) >= 11 is 1.66. The van der Waals surface area contributed by atoms with Gasteiger partial charge in [-0.2, -0.15) is 0 Å². The molecule has 3 aromatic carbocycles. The van der Waals surface area contributed by atoms with Crippen LogP contribution in [0.25, 0.3) is 0 Å². The summed E-state index contributed by atoms with van der Waals surface area (Å²) in [7, 11) is -0.566. The van der Waals surface area contributed by atoms with Crippen molar-refractivity contribution in [2.75, 3.05) is 24.7 Å². The number of benzene rings is 3. The maximum Gasteiger partial charge on any atom is 0.264 e. The van der Waals surface area contributed by atoms with Crippen LogP contribution in [-0.2, 0) is 16.6 Å². The highest BCUT2D eigenvalue weighted by molar-refractivity contribution is 7.98. The molecule has 0 unspecified atom stereocenters. The molecule has 156 valence electrons. The summed E-state index contributed by atoms with van der Waals surface area (Å²) in [5.74, 6) is -0.233. The van der Waals surface area contributed by atoms with Crippen LogP contribution in [0.3, 0.4) is 0 Å². The Morgan fingerprint density at radius 1 is 0.900 bits per heavy atom. The molecule has 0 heterocycles. The van der Waals surface area contributed by atoms with E-state index in [0.29, 0.717) is 17.8 Å². The van der Waals surface area contributed by atoms with Crippen molar-refractivity contribution in [2.45, 2.75) is 16.3 Å². The molecule has 0 fully saturated rings. The second-order valence-electron chi connectivity index (χ2n) is 6.85. The zero-order valence-corrected chi connectivity index (χ0v) is 18.8. The van der Waals surface area contributed by atoms with Crippen LogP contribution in [-0.4, -0.2) is 39.6 Å². The molecule has 0 saturated heterocycles. The fraction of sp³-hybridized carbons (Fsp3) is 0.174. The first kappa shape index (κ1) is 21.9. The molecule has 0 atom stereocenters. The smallest absolute Gasteiger partial charge is 0.264 e. The van der Waals surface area contributed by atoms with Crippen LogP contribution in [0, 0.1) is 0 Å². The highest BCUT2D eigenvalue weighted by Gasteiger charge is 2.23. The molecule has 7 heteroatoms. The Kier molecular flexibility index (Phi) is 6.84. The second kappa shape index (κ2) is 9.36. The first-order valence-electron chi connectivity index (χ1n) is 9.35. The van der Waals surface area contributed by atoms with Crippen LogP contribution >= 0.6 is 11.8 Å². The predicted octanol–water partition coefficient (Wildman–Crippen LogP) is 4.51. The van der Waals surface area contributed by atoms with E-state index in [9.17, 15) is 13.2 Å². The summed E-state index contributed by atoms with van der Waals surface area (Å²) in [6.07, 6.45) is 2.01. The van der Waals surface area contributed by atoms with Crippen molar-refractivity contribution < 1.29 is 13.2 Å². The molecule has 0 N–H and O–H groups in total. The van der Waals surface area contributed by atoms with Crippen molar-refractivity contribution >= 4 is 33.4 Å². The minimum Gasteiger partial charge on any atom is -0.337 e. The molecule has 0 radical (unpaired) electrons. The van der Waals surface area contributed by atoms with Gasteiger partial charge in [0, 0.05) is 31.1 Å².